The van der Waals surface area contributed by atoms with E-state index < -0.39 is 5.97 Å². The van der Waals surface area contributed by atoms with Crippen LogP contribution >= 0.6 is 11.6 Å². The number of anilines is 1. The van der Waals surface area contributed by atoms with Crippen molar-refractivity contribution in [1.29, 1.82) is 0 Å². The van der Waals surface area contributed by atoms with Crippen molar-refractivity contribution in [2.75, 3.05) is 26.1 Å². The summed E-state index contributed by atoms with van der Waals surface area (Å²) in [4.78, 5) is 17.6. The summed E-state index contributed by atoms with van der Waals surface area (Å²) in [5, 5.41) is 20.3. The van der Waals surface area contributed by atoms with Crippen LogP contribution < -0.4 is 9.64 Å². The van der Waals surface area contributed by atoms with Gasteiger partial charge in [0.15, 0.2) is 11.5 Å². The summed E-state index contributed by atoms with van der Waals surface area (Å²) in [5.41, 5.74) is 2.91. The van der Waals surface area contributed by atoms with E-state index in [1.165, 1.54) is 13.3 Å². The molecule has 0 radical (unpaired) electrons. The maximum atomic E-state index is 11.6. The van der Waals surface area contributed by atoms with Gasteiger partial charge in [-0.05, 0) is 35.4 Å². The summed E-state index contributed by atoms with van der Waals surface area (Å²) in [6.45, 7) is 0. The molecule has 0 aliphatic heterocycles. The maximum Gasteiger partial charge on any atom is 0.339 e. The average Bonchev–Trinajstić information content (AvgIpc) is 2.61. The Morgan fingerprint density at radius 3 is 2.54 bits per heavy atom. The third kappa shape index (κ3) is 2.99. The lowest BCUT2D eigenvalue weighted by Gasteiger charge is -2.18. The molecule has 26 heavy (non-hydrogen) atoms. The quantitative estimate of drug-likeness (QED) is 0.719. The number of halogens is 1. The Morgan fingerprint density at radius 1 is 1.19 bits per heavy atom. The van der Waals surface area contributed by atoms with E-state index in [1.54, 1.807) is 31.1 Å². The molecule has 0 unspecified atom stereocenters. The molecule has 0 aliphatic carbocycles. The third-order valence-corrected chi connectivity index (χ3v) is 4.39. The van der Waals surface area contributed by atoms with Gasteiger partial charge in [-0.1, -0.05) is 17.7 Å². The number of hydrogen-bond acceptors (Lipinski definition) is 5. The van der Waals surface area contributed by atoms with Gasteiger partial charge >= 0.3 is 5.97 Å². The molecular weight excluding hydrogens is 356 g/mol. The molecule has 1 aromatic heterocycles. The van der Waals surface area contributed by atoms with E-state index >= 15 is 0 Å². The molecule has 134 valence electrons. The maximum absolute atomic E-state index is 11.6. The number of aromatic nitrogens is 1. The number of aromatic hydroxyl groups is 1. The Kier molecular flexibility index (Phi) is 4.61. The van der Waals surface area contributed by atoms with Gasteiger partial charge in [-0.25, -0.2) is 4.79 Å². The lowest BCUT2D eigenvalue weighted by Crippen LogP contribution is -2.15. The summed E-state index contributed by atoms with van der Waals surface area (Å²) >= 11 is 6.09. The molecule has 0 atom stereocenters. The van der Waals surface area contributed by atoms with Crippen molar-refractivity contribution in [3.8, 4) is 22.6 Å². The molecule has 2 N–H and O–H groups in total. The van der Waals surface area contributed by atoms with Gasteiger partial charge in [0.1, 0.15) is 5.56 Å². The number of carboxylic acids is 1. The minimum absolute atomic E-state index is 0.123. The second-order valence-electron chi connectivity index (χ2n) is 5.96. The monoisotopic (exact) mass is 372 g/mol. The molecule has 0 saturated carbocycles. The van der Waals surface area contributed by atoms with Crippen molar-refractivity contribution in [2.24, 2.45) is 0 Å². The minimum Gasteiger partial charge on any atom is -0.503 e. The van der Waals surface area contributed by atoms with Gasteiger partial charge in [0.25, 0.3) is 0 Å². The smallest absolute Gasteiger partial charge is 0.339 e. The van der Waals surface area contributed by atoms with Gasteiger partial charge in [-0.3, -0.25) is 4.98 Å². The minimum atomic E-state index is -1.04. The van der Waals surface area contributed by atoms with E-state index in [0.717, 1.165) is 11.1 Å². The van der Waals surface area contributed by atoms with Crippen molar-refractivity contribution in [3.05, 3.63) is 47.1 Å². The number of rotatable bonds is 4. The molecule has 6 nitrogen and oxygen atoms in total. The fourth-order valence-corrected chi connectivity index (χ4v) is 3.10. The second kappa shape index (κ2) is 6.72. The molecule has 2 aromatic carbocycles. The Labute approximate surface area is 155 Å². The SMILES string of the molecule is COc1cc(-c2ccc3ncc(C(=O)O)c(N(C)C)c3c2)cc(Cl)c1O. The molecule has 7 heteroatoms. The molecule has 3 aromatic rings. The number of ether oxygens (including phenoxy) is 1. The fraction of sp³-hybridized carbons (Fsp3) is 0.158. The summed E-state index contributed by atoms with van der Waals surface area (Å²) < 4.78 is 5.16. The molecule has 0 spiro atoms. The Balaban J connectivity index is 2.28. The van der Waals surface area contributed by atoms with Gasteiger partial charge in [0.05, 0.1) is 23.3 Å². The fourth-order valence-electron chi connectivity index (χ4n) is 2.89. The predicted octanol–water partition coefficient (Wildman–Crippen LogP) is 4.03. The van der Waals surface area contributed by atoms with E-state index in [1.807, 2.05) is 18.2 Å². The van der Waals surface area contributed by atoms with Crippen LogP contribution in [0.15, 0.2) is 36.5 Å². The van der Waals surface area contributed by atoms with Crippen LogP contribution in [0.5, 0.6) is 11.5 Å². The number of hydrogen-bond donors (Lipinski definition) is 2. The number of aromatic carboxylic acids is 1. The highest BCUT2D eigenvalue weighted by molar-refractivity contribution is 6.32. The zero-order valence-electron chi connectivity index (χ0n) is 14.4. The van der Waals surface area contributed by atoms with Gasteiger partial charge in [-0.15, -0.1) is 0 Å². The van der Waals surface area contributed by atoms with Gasteiger partial charge < -0.3 is 19.8 Å². The molecule has 0 fully saturated rings. The summed E-state index contributed by atoms with van der Waals surface area (Å²) in [5.74, 6) is -0.900. The number of carboxylic acid groups (broad SMARTS) is 1. The largest absolute Gasteiger partial charge is 0.503 e. The molecule has 0 aliphatic rings. The standard InChI is InChI=1S/C19H17ClN2O4/c1-22(2)17-12-6-10(4-5-15(12)21-9-13(17)19(24)25)11-7-14(20)18(23)16(8-11)26-3/h4-9,23H,1-3H3,(H,24,25). The van der Waals surface area contributed by atoms with Crippen LogP contribution in [0.2, 0.25) is 5.02 Å². The van der Waals surface area contributed by atoms with E-state index in [-0.39, 0.29) is 22.1 Å². The van der Waals surface area contributed by atoms with Crippen molar-refractivity contribution in [1.82, 2.24) is 4.98 Å². The molecule has 1 heterocycles. The Bertz CT molecular complexity index is 1020. The van der Waals surface area contributed by atoms with Gasteiger partial charge in [0, 0.05) is 25.7 Å². The summed E-state index contributed by atoms with van der Waals surface area (Å²) in [6, 6.07) is 8.83. The van der Waals surface area contributed by atoms with Crippen LogP contribution in [-0.2, 0) is 0 Å². The predicted molar refractivity (Wildman–Crippen MR) is 102 cm³/mol. The lowest BCUT2D eigenvalue weighted by molar-refractivity contribution is 0.0697. The third-order valence-electron chi connectivity index (χ3n) is 4.10. The van der Waals surface area contributed by atoms with Crippen LogP contribution in [0.4, 0.5) is 5.69 Å². The topological polar surface area (TPSA) is 82.9 Å². The number of nitrogens with zero attached hydrogens (tertiary/aromatic N) is 2. The van der Waals surface area contributed by atoms with Crippen molar-refractivity contribution < 1.29 is 19.7 Å². The molecule has 3 rings (SSSR count). The normalized spacial score (nSPS) is 10.8. The number of pyridine rings is 1. The second-order valence-corrected chi connectivity index (χ2v) is 6.37. The van der Waals surface area contributed by atoms with Crippen molar-refractivity contribution in [3.63, 3.8) is 0 Å². The van der Waals surface area contributed by atoms with Gasteiger partial charge in [0.2, 0.25) is 0 Å². The number of benzene rings is 2. The Morgan fingerprint density at radius 2 is 1.92 bits per heavy atom. The molecule has 0 amide bonds. The van der Waals surface area contributed by atoms with Crippen LogP contribution in [0.1, 0.15) is 10.4 Å². The van der Waals surface area contributed by atoms with Crippen LogP contribution in [0.25, 0.3) is 22.0 Å². The highest BCUT2D eigenvalue weighted by Crippen LogP contribution is 2.39. The Hall–Kier alpha value is -2.99. The number of methoxy groups -OCH3 is 1. The van der Waals surface area contributed by atoms with E-state index in [0.29, 0.717) is 16.6 Å². The number of phenols is 1. The average molecular weight is 373 g/mol. The van der Waals surface area contributed by atoms with Gasteiger partial charge in [-0.2, -0.15) is 0 Å². The number of fused-ring (bicyclic) bond motifs is 1. The first-order chi connectivity index (χ1) is 12.3. The zero-order valence-corrected chi connectivity index (χ0v) is 15.2. The lowest BCUT2D eigenvalue weighted by atomic mass is 10.0. The highest BCUT2D eigenvalue weighted by Gasteiger charge is 2.17. The summed E-state index contributed by atoms with van der Waals surface area (Å²) in [7, 11) is 5.02. The van der Waals surface area contributed by atoms with E-state index in [4.69, 9.17) is 16.3 Å². The number of phenolic OH excluding ortho intramolecular Hbond substituents is 1. The highest BCUT2D eigenvalue weighted by atomic mass is 35.5. The van der Waals surface area contributed by atoms with Crippen LogP contribution in [-0.4, -0.2) is 42.4 Å². The van der Waals surface area contributed by atoms with E-state index in [9.17, 15) is 15.0 Å². The summed E-state index contributed by atoms with van der Waals surface area (Å²) in [6.07, 6.45) is 1.36. The van der Waals surface area contributed by atoms with Crippen LogP contribution in [0.3, 0.4) is 0 Å². The first-order valence-corrected chi connectivity index (χ1v) is 8.11. The zero-order chi connectivity index (χ0) is 19.0. The molecule has 0 bridgehead atoms. The number of carbonyl (C=O) groups is 1. The van der Waals surface area contributed by atoms with Crippen molar-refractivity contribution in [2.45, 2.75) is 0 Å². The first-order valence-electron chi connectivity index (χ1n) is 7.73. The van der Waals surface area contributed by atoms with Crippen LogP contribution in [0, 0.1) is 0 Å². The molecular formula is C19H17ClN2O4. The molecule has 0 saturated heterocycles. The first kappa shape index (κ1) is 17.8. The van der Waals surface area contributed by atoms with E-state index in [2.05, 4.69) is 4.98 Å². The van der Waals surface area contributed by atoms with Crippen molar-refractivity contribution >= 4 is 34.2 Å².